The molecule has 1 heterocycles. The van der Waals surface area contributed by atoms with Crippen molar-refractivity contribution in [1.82, 2.24) is 4.98 Å². The normalized spacial score (nSPS) is 11.8. The van der Waals surface area contributed by atoms with E-state index in [1.165, 1.54) is 0 Å². The predicted molar refractivity (Wildman–Crippen MR) is 119 cm³/mol. The first-order valence-corrected chi connectivity index (χ1v) is 11.8. The highest BCUT2D eigenvalue weighted by Crippen LogP contribution is 2.38. The quantitative estimate of drug-likeness (QED) is 0.404. The maximum atomic E-state index is 12.6. The molecule has 0 fully saturated rings. The molecule has 3 rings (SSSR count). The number of hydrogen-bond donors (Lipinski definition) is 3. The Balaban J connectivity index is 2.25. The van der Waals surface area contributed by atoms with Crippen LogP contribution in [0.1, 0.15) is 43.7 Å². The summed E-state index contributed by atoms with van der Waals surface area (Å²) in [5.74, 6) is -1.01. The lowest BCUT2D eigenvalue weighted by Crippen LogP contribution is -2.17. The minimum absolute atomic E-state index is 0.0373. The largest absolute Gasteiger partial charge is 0.481 e. The SMILES string of the molecule is CCCCCCc1c(Cl)ccc(-c2[nH]c3ccccc3c2CC(=O)O)c1S(N)(=O)=O. The van der Waals surface area contributed by atoms with Crippen molar-refractivity contribution >= 4 is 38.5 Å². The molecule has 0 unspecified atom stereocenters. The molecule has 3 aromatic rings. The van der Waals surface area contributed by atoms with Gasteiger partial charge >= 0.3 is 5.97 Å². The monoisotopic (exact) mass is 448 g/mol. The summed E-state index contributed by atoms with van der Waals surface area (Å²) in [6, 6.07) is 10.5. The topological polar surface area (TPSA) is 113 Å². The van der Waals surface area contributed by atoms with Crippen LogP contribution in [0.3, 0.4) is 0 Å². The van der Waals surface area contributed by atoms with Gasteiger partial charge in [0.25, 0.3) is 0 Å². The predicted octanol–water partition coefficient (Wildman–Crippen LogP) is 4.89. The number of hydrogen-bond acceptors (Lipinski definition) is 3. The number of aliphatic carboxylic acids is 1. The zero-order valence-corrected chi connectivity index (χ0v) is 18.3. The first-order valence-electron chi connectivity index (χ1n) is 9.90. The van der Waals surface area contributed by atoms with Crippen LogP contribution in [0.15, 0.2) is 41.3 Å². The number of aromatic amines is 1. The molecule has 4 N–H and O–H groups in total. The summed E-state index contributed by atoms with van der Waals surface area (Å²) in [6.07, 6.45) is 4.08. The molecular weight excluding hydrogens is 424 g/mol. The van der Waals surface area contributed by atoms with Crippen molar-refractivity contribution in [2.45, 2.75) is 50.3 Å². The van der Waals surface area contributed by atoms with Crippen molar-refractivity contribution in [2.24, 2.45) is 5.14 Å². The van der Waals surface area contributed by atoms with Crippen molar-refractivity contribution in [3.8, 4) is 11.3 Å². The Kier molecular flexibility index (Phi) is 6.85. The first kappa shape index (κ1) is 22.3. The van der Waals surface area contributed by atoms with Crippen LogP contribution in [0.5, 0.6) is 0 Å². The van der Waals surface area contributed by atoms with Gasteiger partial charge in [-0.2, -0.15) is 0 Å². The van der Waals surface area contributed by atoms with Gasteiger partial charge in [0.1, 0.15) is 0 Å². The number of aromatic nitrogens is 1. The average molecular weight is 449 g/mol. The van der Waals surface area contributed by atoms with Crippen LogP contribution in [-0.2, 0) is 27.7 Å². The third kappa shape index (κ3) is 4.69. The number of H-pyrrole nitrogens is 1. The molecule has 0 aliphatic rings. The van der Waals surface area contributed by atoms with Crippen LogP contribution >= 0.6 is 11.6 Å². The second-order valence-corrected chi connectivity index (χ2v) is 9.26. The van der Waals surface area contributed by atoms with Gasteiger partial charge < -0.3 is 10.1 Å². The molecule has 0 spiro atoms. The molecule has 0 aliphatic heterocycles. The van der Waals surface area contributed by atoms with Gasteiger partial charge in [-0.25, -0.2) is 13.6 Å². The second-order valence-electron chi connectivity index (χ2n) is 7.35. The van der Waals surface area contributed by atoms with E-state index in [1.807, 2.05) is 24.3 Å². The minimum atomic E-state index is -4.11. The van der Waals surface area contributed by atoms with E-state index >= 15 is 0 Å². The molecule has 1 aromatic heterocycles. The van der Waals surface area contributed by atoms with E-state index in [9.17, 15) is 18.3 Å². The highest BCUT2D eigenvalue weighted by atomic mass is 35.5. The van der Waals surface area contributed by atoms with Crippen LogP contribution in [0.2, 0.25) is 5.02 Å². The van der Waals surface area contributed by atoms with Gasteiger partial charge in [0, 0.05) is 21.5 Å². The number of sulfonamides is 1. The van der Waals surface area contributed by atoms with E-state index in [1.54, 1.807) is 12.1 Å². The summed E-state index contributed by atoms with van der Waals surface area (Å²) in [6.45, 7) is 2.10. The third-order valence-corrected chi connectivity index (χ3v) is 6.57. The maximum absolute atomic E-state index is 12.6. The molecule has 0 aliphatic carbocycles. The van der Waals surface area contributed by atoms with Crippen molar-refractivity contribution in [3.05, 3.63) is 52.5 Å². The first-order chi connectivity index (χ1) is 14.2. The average Bonchev–Trinajstić information content (AvgIpc) is 3.03. The molecule has 0 atom stereocenters. The van der Waals surface area contributed by atoms with E-state index in [4.69, 9.17) is 16.7 Å². The number of rotatable bonds is 9. The van der Waals surface area contributed by atoms with Gasteiger partial charge in [0.15, 0.2) is 0 Å². The lowest BCUT2D eigenvalue weighted by molar-refractivity contribution is -0.136. The molecule has 0 radical (unpaired) electrons. The highest BCUT2D eigenvalue weighted by molar-refractivity contribution is 7.89. The lowest BCUT2D eigenvalue weighted by Gasteiger charge is -2.15. The zero-order chi connectivity index (χ0) is 21.9. The number of carboxylic acid groups (broad SMARTS) is 1. The number of unbranched alkanes of at least 4 members (excludes halogenated alkanes) is 3. The van der Waals surface area contributed by atoms with Crippen LogP contribution < -0.4 is 5.14 Å². The van der Waals surface area contributed by atoms with Crippen molar-refractivity contribution in [1.29, 1.82) is 0 Å². The molecular formula is C22H25ClN2O4S. The number of fused-ring (bicyclic) bond motifs is 1. The molecule has 6 nitrogen and oxygen atoms in total. The molecule has 0 amide bonds. The molecule has 160 valence electrons. The number of nitrogens with two attached hydrogens (primary N) is 1. The van der Waals surface area contributed by atoms with Crippen LogP contribution in [0, 0.1) is 0 Å². The number of carbonyl (C=O) groups is 1. The van der Waals surface area contributed by atoms with Crippen molar-refractivity contribution in [2.75, 3.05) is 0 Å². The molecule has 0 bridgehead atoms. The third-order valence-electron chi connectivity index (χ3n) is 5.18. The summed E-state index contributed by atoms with van der Waals surface area (Å²) in [4.78, 5) is 14.7. The van der Waals surface area contributed by atoms with Crippen molar-refractivity contribution < 1.29 is 18.3 Å². The summed E-state index contributed by atoms with van der Waals surface area (Å²) in [5.41, 5.74) is 2.51. The number of nitrogens with one attached hydrogen (secondary N) is 1. The molecule has 0 saturated heterocycles. The Morgan fingerprint density at radius 1 is 1.10 bits per heavy atom. The molecule has 8 heteroatoms. The van der Waals surface area contributed by atoms with E-state index in [0.717, 1.165) is 36.6 Å². The Morgan fingerprint density at radius 2 is 1.83 bits per heavy atom. The fourth-order valence-corrected chi connectivity index (χ4v) is 5.19. The zero-order valence-electron chi connectivity index (χ0n) is 16.7. The maximum Gasteiger partial charge on any atom is 0.307 e. The van der Waals surface area contributed by atoms with Gasteiger partial charge in [-0.1, -0.05) is 62.1 Å². The standard InChI is InChI=1S/C22H25ClN2O4S/c1-2-3-4-5-9-15-18(23)12-11-16(22(15)30(24,28)29)21-17(13-20(26)27)14-8-6-7-10-19(14)25-21/h6-8,10-12,25H,2-5,9,13H2,1H3,(H,26,27)(H2,24,28,29). The van der Waals surface area contributed by atoms with Crippen LogP contribution in [-0.4, -0.2) is 24.5 Å². The summed E-state index contributed by atoms with van der Waals surface area (Å²) >= 11 is 6.39. The van der Waals surface area contributed by atoms with Gasteiger partial charge in [0.05, 0.1) is 17.0 Å². The minimum Gasteiger partial charge on any atom is -0.481 e. The van der Waals surface area contributed by atoms with Crippen molar-refractivity contribution in [3.63, 3.8) is 0 Å². The van der Waals surface area contributed by atoms with Gasteiger partial charge in [-0.05, 0) is 36.1 Å². The Hall–Kier alpha value is -2.35. The number of para-hydroxylation sites is 1. The van der Waals surface area contributed by atoms with Gasteiger partial charge in [-0.3, -0.25) is 4.79 Å². The smallest absolute Gasteiger partial charge is 0.307 e. The van der Waals surface area contributed by atoms with Gasteiger partial charge in [-0.15, -0.1) is 0 Å². The lowest BCUT2D eigenvalue weighted by atomic mass is 9.98. The Labute approximate surface area is 181 Å². The fraction of sp³-hybridized carbons (Fsp3) is 0.318. The molecule has 2 aromatic carbocycles. The van der Waals surface area contributed by atoms with Crippen LogP contribution in [0.25, 0.3) is 22.2 Å². The van der Waals surface area contributed by atoms with E-state index < -0.39 is 16.0 Å². The summed E-state index contributed by atoms with van der Waals surface area (Å²) < 4.78 is 25.3. The van der Waals surface area contributed by atoms with Gasteiger partial charge in [0.2, 0.25) is 10.0 Å². The molecule has 30 heavy (non-hydrogen) atoms. The molecule has 0 saturated carbocycles. The number of halogens is 1. The second kappa shape index (κ2) is 9.20. The fourth-order valence-electron chi connectivity index (χ4n) is 3.85. The number of carboxylic acids is 1. The summed E-state index contributed by atoms with van der Waals surface area (Å²) in [7, 11) is -4.11. The highest BCUT2D eigenvalue weighted by Gasteiger charge is 2.26. The number of primary sulfonamides is 1. The Bertz CT molecular complexity index is 1190. The van der Waals surface area contributed by atoms with E-state index in [-0.39, 0.29) is 11.3 Å². The van der Waals surface area contributed by atoms with E-state index in [0.29, 0.717) is 33.8 Å². The Morgan fingerprint density at radius 3 is 2.50 bits per heavy atom. The van der Waals surface area contributed by atoms with Crippen LogP contribution in [0.4, 0.5) is 0 Å². The summed E-state index contributed by atoms with van der Waals surface area (Å²) in [5, 5.41) is 16.1. The number of benzene rings is 2. The van der Waals surface area contributed by atoms with E-state index in [2.05, 4.69) is 11.9 Å².